The Bertz CT molecular complexity index is 560. The Morgan fingerprint density at radius 2 is 1.95 bits per heavy atom. The lowest BCUT2D eigenvalue weighted by Gasteiger charge is -2.12. The van der Waals surface area contributed by atoms with Crippen LogP contribution in [0.3, 0.4) is 0 Å². The van der Waals surface area contributed by atoms with Crippen molar-refractivity contribution < 1.29 is 9.53 Å². The van der Waals surface area contributed by atoms with E-state index in [1.165, 1.54) is 0 Å². The smallest absolute Gasteiger partial charge is 0.338 e. The first kappa shape index (κ1) is 12.8. The van der Waals surface area contributed by atoms with Crippen LogP contribution in [0.1, 0.15) is 12.8 Å². The minimum atomic E-state index is -0.173. The number of benzene rings is 1. The van der Waals surface area contributed by atoms with Crippen LogP contribution in [0.15, 0.2) is 52.5 Å². The summed E-state index contributed by atoms with van der Waals surface area (Å²) in [5, 5.41) is 0.733. The van der Waals surface area contributed by atoms with E-state index in [0.717, 1.165) is 39.7 Å². The molecule has 0 N–H and O–H groups in total. The van der Waals surface area contributed by atoms with Gasteiger partial charge in [-0.3, -0.25) is 0 Å². The molecule has 1 aromatic carbocycles. The van der Waals surface area contributed by atoms with E-state index in [2.05, 4.69) is 6.08 Å². The molecule has 2 aliphatic rings. The summed E-state index contributed by atoms with van der Waals surface area (Å²) in [7, 11) is 0. The molecule has 1 atom stereocenters. The van der Waals surface area contributed by atoms with E-state index in [9.17, 15) is 4.79 Å². The molecule has 1 aliphatic heterocycles. The Morgan fingerprint density at radius 3 is 2.74 bits per heavy atom. The zero-order valence-corrected chi connectivity index (χ0v) is 11.8. The van der Waals surface area contributed by atoms with Crippen molar-refractivity contribution in [1.82, 2.24) is 0 Å². The molecular weight excluding hydrogens is 280 g/mol. The molecule has 0 spiro atoms. The number of carbonyl (C=O) groups excluding carboxylic acids is 1. The third kappa shape index (κ3) is 2.72. The molecule has 1 heterocycles. The van der Waals surface area contributed by atoms with Gasteiger partial charge in [0.05, 0.1) is 5.57 Å². The van der Waals surface area contributed by atoms with Crippen LogP contribution >= 0.6 is 23.4 Å². The van der Waals surface area contributed by atoms with Crippen LogP contribution in [0.25, 0.3) is 0 Å². The van der Waals surface area contributed by atoms with Gasteiger partial charge < -0.3 is 4.74 Å². The predicted molar refractivity (Wildman–Crippen MR) is 77.5 cm³/mol. The van der Waals surface area contributed by atoms with E-state index in [4.69, 9.17) is 16.3 Å². The molecule has 4 heteroatoms. The third-order valence-electron chi connectivity index (χ3n) is 3.22. The zero-order chi connectivity index (χ0) is 13.2. The highest BCUT2D eigenvalue weighted by molar-refractivity contribution is 7.99. The van der Waals surface area contributed by atoms with Gasteiger partial charge in [0.25, 0.3) is 0 Å². The minimum Gasteiger partial charge on any atom is -0.453 e. The molecule has 1 aliphatic carbocycles. The lowest BCUT2D eigenvalue weighted by Crippen LogP contribution is -2.12. The van der Waals surface area contributed by atoms with Crippen molar-refractivity contribution in [1.29, 1.82) is 0 Å². The molecule has 0 radical (unpaired) electrons. The zero-order valence-electron chi connectivity index (χ0n) is 10.3. The summed E-state index contributed by atoms with van der Waals surface area (Å²) in [6, 6.07) is 7.71. The molecule has 0 bridgehead atoms. The third-order valence-corrected chi connectivity index (χ3v) is 4.55. The number of cyclic esters (lactones) is 1. The highest BCUT2D eigenvalue weighted by atomic mass is 35.5. The van der Waals surface area contributed by atoms with Crippen molar-refractivity contribution in [2.75, 3.05) is 5.75 Å². The van der Waals surface area contributed by atoms with Crippen molar-refractivity contribution in [2.24, 2.45) is 0 Å². The molecule has 3 rings (SSSR count). The predicted octanol–water partition coefficient (Wildman–Crippen LogP) is 4.00. The van der Waals surface area contributed by atoms with E-state index < -0.39 is 0 Å². The van der Waals surface area contributed by atoms with Gasteiger partial charge in [0.1, 0.15) is 6.10 Å². The molecular formula is C15H13ClO2S. The number of rotatable bonds is 3. The molecule has 0 aromatic heterocycles. The van der Waals surface area contributed by atoms with Crippen LogP contribution < -0.4 is 0 Å². The van der Waals surface area contributed by atoms with Crippen molar-refractivity contribution in [3.8, 4) is 0 Å². The number of carbonyl (C=O) groups is 1. The summed E-state index contributed by atoms with van der Waals surface area (Å²) >= 11 is 7.53. The molecule has 0 amide bonds. The van der Waals surface area contributed by atoms with Gasteiger partial charge in [-0.25, -0.2) is 4.79 Å². The average molecular weight is 293 g/mol. The van der Waals surface area contributed by atoms with Crippen LogP contribution in [0.2, 0.25) is 5.02 Å². The first-order valence-electron chi connectivity index (χ1n) is 6.24. The van der Waals surface area contributed by atoms with Crippen LogP contribution in [-0.4, -0.2) is 17.8 Å². The number of hydrogen-bond donors (Lipinski definition) is 0. The molecule has 19 heavy (non-hydrogen) atoms. The molecule has 1 fully saturated rings. The maximum Gasteiger partial charge on any atom is 0.338 e. The number of thioether (sulfide) groups is 1. The molecule has 0 unspecified atom stereocenters. The summed E-state index contributed by atoms with van der Waals surface area (Å²) < 4.78 is 5.43. The monoisotopic (exact) mass is 292 g/mol. The SMILES string of the molecule is O=C1O[C@@H](CSc2ccc(Cl)cc2)C2=CCCC=C12. The van der Waals surface area contributed by atoms with Gasteiger partial charge in [-0.15, -0.1) is 11.8 Å². The van der Waals surface area contributed by atoms with E-state index in [1.54, 1.807) is 11.8 Å². The summed E-state index contributed by atoms with van der Waals surface area (Å²) in [5.74, 6) is 0.573. The number of ether oxygens (including phenoxy) is 1. The molecule has 0 saturated carbocycles. The number of esters is 1. The first-order chi connectivity index (χ1) is 9.24. The quantitative estimate of drug-likeness (QED) is 0.622. The fourth-order valence-electron chi connectivity index (χ4n) is 2.28. The normalized spacial score (nSPS) is 21.5. The summed E-state index contributed by atoms with van der Waals surface area (Å²) in [5.41, 5.74) is 1.84. The van der Waals surface area contributed by atoms with E-state index >= 15 is 0 Å². The second kappa shape index (κ2) is 5.43. The van der Waals surface area contributed by atoms with Gasteiger partial charge in [-0.05, 0) is 37.1 Å². The molecule has 2 nitrogen and oxygen atoms in total. The second-order valence-electron chi connectivity index (χ2n) is 4.51. The Balaban J connectivity index is 1.68. The molecule has 98 valence electrons. The van der Waals surface area contributed by atoms with Crippen molar-refractivity contribution in [3.63, 3.8) is 0 Å². The Morgan fingerprint density at radius 1 is 1.21 bits per heavy atom. The Kier molecular flexibility index (Phi) is 3.67. The van der Waals surface area contributed by atoms with E-state index in [0.29, 0.717) is 0 Å². The minimum absolute atomic E-state index is 0.111. The van der Waals surface area contributed by atoms with Crippen molar-refractivity contribution in [3.05, 3.63) is 52.6 Å². The average Bonchev–Trinajstić information content (AvgIpc) is 2.76. The van der Waals surface area contributed by atoms with Gasteiger partial charge >= 0.3 is 5.97 Å². The van der Waals surface area contributed by atoms with Crippen LogP contribution in [0.5, 0.6) is 0 Å². The fourth-order valence-corrected chi connectivity index (χ4v) is 3.33. The van der Waals surface area contributed by atoms with Gasteiger partial charge in [-0.1, -0.05) is 23.8 Å². The fraction of sp³-hybridized carbons (Fsp3) is 0.267. The lowest BCUT2D eigenvalue weighted by atomic mass is 9.97. The second-order valence-corrected chi connectivity index (χ2v) is 6.04. The van der Waals surface area contributed by atoms with Gasteiger partial charge in [-0.2, -0.15) is 0 Å². The standard InChI is InChI=1S/C15H13ClO2S/c16-10-5-7-11(8-6-10)19-9-14-12-3-1-2-4-13(12)15(17)18-14/h3-8,14H,1-2,9H2/t14-/m0/s1. The maximum absolute atomic E-state index is 11.7. The van der Waals surface area contributed by atoms with Crippen LogP contribution in [0.4, 0.5) is 0 Å². The maximum atomic E-state index is 11.7. The largest absolute Gasteiger partial charge is 0.453 e. The first-order valence-corrected chi connectivity index (χ1v) is 7.60. The number of halogens is 1. The summed E-state index contributed by atoms with van der Waals surface area (Å²) in [6.07, 6.45) is 5.94. The van der Waals surface area contributed by atoms with Gasteiger partial charge in [0, 0.05) is 21.2 Å². The van der Waals surface area contributed by atoms with Gasteiger partial charge in [0.15, 0.2) is 0 Å². The van der Waals surface area contributed by atoms with Crippen molar-refractivity contribution >= 4 is 29.3 Å². The number of allylic oxidation sites excluding steroid dienone is 2. The Hall–Kier alpha value is -1.19. The Labute approximate surface area is 121 Å². The number of hydrogen-bond acceptors (Lipinski definition) is 3. The molecule has 1 saturated heterocycles. The van der Waals surface area contributed by atoms with E-state index in [1.807, 2.05) is 30.3 Å². The van der Waals surface area contributed by atoms with Gasteiger partial charge in [0.2, 0.25) is 0 Å². The summed E-state index contributed by atoms with van der Waals surface area (Å²) in [4.78, 5) is 12.9. The highest BCUT2D eigenvalue weighted by Crippen LogP contribution is 2.34. The summed E-state index contributed by atoms with van der Waals surface area (Å²) in [6.45, 7) is 0. The number of fused-ring (bicyclic) bond motifs is 1. The van der Waals surface area contributed by atoms with Crippen molar-refractivity contribution in [2.45, 2.75) is 23.8 Å². The lowest BCUT2D eigenvalue weighted by molar-refractivity contribution is -0.137. The van der Waals surface area contributed by atoms with Crippen LogP contribution in [-0.2, 0) is 9.53 Å². The van der Waals surface area contributed by atoms with E-state index in [-0.39, 0.29) is 12.1 Å². The molecule has 1 aromatic rings. The topological polar surface area (TPSA) is 26.3 Å². The highest BCUT2D eigenvalue weighted by Gasteiger charge is 2.34. The van der Waals surface area contributed by atoms with Crippen LogP contribution in [0, 0.1) is 0 Å².